The molecule has 3 aromatic rings. The number of allylic oxidation sites excluding steroid dienone is 1. The van der Waals surface area contributed by atoms with Crippen LogP contribution in [0.2, 0.25) is 0 Å². The van der Waals surface area contributed by atoms with Gasteiger partial charge in [0, 0.05) is 6.92 Å². The zero-order chi connectivity index (χ0) is 27.6. The van der Waals surface area contributed by atoms with Gasteiger partial charge in [0.1, 0.15) is 0 Å². The first-order chi connectivity index (χ1) is 18.1. The topological polar surface area (TPSA) is 96.2 Å². The minimum absolute atomic E-state index is 0.213. The smallest absolute Gasteiger partial charge is 0.338 e. The molecule has 198 valence electrons. The molecule has 1 atom stereocenters. The predicted molar refractivity (Wildman–Crippen MR) is 145 cm³/mol. The van der Waals surface area contributed by atoms with Gasteiger partial charge in [0.05, 0.1) is 35.6 Å². The maximum absolute atomic E-state index is 13.8. The molecule has 0 spiro atoms. The molecule has 38 heavy (non-hydrogen) atoms. The van der Waals surface area contributed by atoms with Gasteiger partial charge in [-0.25, -0.2) is 9.79 Å². The summed E-state index contributed by atoms with van der Waals surface area (Å²) in [6.07, 6.45) is 1.73. The number of methoxy groups -OCH3 is 1. The van der Waals surface area contributed by atoms with Crippen LogP contribution in [-0.4, -0.2) is 30.2 Å². The molecule has 0 fully saturated rings. The summed E-state index contributed by atoms with van der Waals surface area (Å²) in [5.41, 5.74) is 3.22. The van der Waals surface area contributed by atoms with E-state index in [1.54, 1.807) is 42.7 Å². The second-order valence-corrected chi connectivity index (χ2v) is 10.1. The lowest BCUT2D eigenvalue weighted by Crippen LogP contribution is -2.39. The van der Waals surface area contributed by atoms with Gasteiger partial charge in [-0.2, -0.15) is 0 Å². The van der Waals surface area contributed by atoms with Crippen LogP contribution in [0.15, 0.2) is 63.5 Å². The van der Waals surface area contributed by atoms with Crippen molar-refractivity contribution in [3.8, 4) is 11.5 Å². The molecule has 2 aromatic carbocycles. The van der Waals surface area contributed by atoms with Crippen molar-refractivity contribution in [2.24, 2.45) is 4.99 Å². The van der Waals surface area contributed by atoms with Gasteiger partial charge >= 0.3 is 11.9 Å². The minimum Gasteiger partial charge on any atom is -0.493 e. The molecule has 0 amide bonds. The molecule has 1 aromatic heterocycles. The van der Waals surface area contributed by atoms with Crippen molar-refractivity contribution in [3.63, 3.8) is 0 Å². The van der Waals surface area contributed by atoms with Crippen LogP contribution in [0.1, 0.15) is 63.3 Å². The molecule has 4 rings (SSSR count). The number of rotatable bonds is 7. The molecule has 0 aliphatic carbocycles. The Morgan fingerprint density at radius 1 is 1.13 bits per heavy atom. The van der Waals surface area contributed by atoms with Crippen molar-refractivity contribution >= 4 is 29.4 Å². The zero-order valence-electron chi connectivity index (χ0n) is 22.2. The SMILES string of the molecule is CCOC(=O)C1=C(C)N=c2s/c(=C\c3ccc(OC(C)=O)c(OC)c3)c(=O)n2[C@@H]1c1ccc(C(C)C)cc1. The Hall–Kier alpha value is -3.98. The molecule has 8 nitrogen and oxygen atoms in total. The summed E-state index contributed by atoms with van der Waals surface area (Å²) in [6, 6.07) is 12.3. The van der Waals surface area contributed by atoms with Crippen LogP contribution in [0, 0.1) is 0 Å². The van der Waals surface area contributed by atoms with Gasteiger partial charge in [0.25, 0.3) is 5.56 Å². The van der Waals surface area contributed by atoms with Crippen LogP contribution < -0.4 is 24.4 Å². The quantitative estimate of drug-likeness (QED) is 0.338. The summed E-state index contributed by atoms with van der Waals surface area (Å²) in [5.74, 6) is 0.0471. The number of thiazole rings is 1. The van der Waals surface area contributed by atoms with Crippen molar-refractivity contribution in [1.29, 1.82) is 0 Å². The molecule has 0 saturated carbocycles. The van der Waals surface area contributed by atoms with E-state index in [1.807, 2.05) is 24.3 Å². The first kappa shape index (κ1) is 27.1. The third kappa shape index (κ3) is 5.33. The van der Waals surface area contributed by atoms with E-state index in [2.05, 4.69) is 18.8 Å². The average molecular weight is 535 g/mol. The van der Waals surface area contributed by atoms with Crippen molar-refractivity contribution in [2.75, 3.05) is 13.7 Å². The Kier molecular flexibility index (Phi) is 7.97. The third-order valence-corrected chi connectivity index (χ3v) is 7.16. The normalized spacial score (nSPS) is 15.2. The van der Waals surface area contributed by atoms with Gasteiger partial charge in [0.15, 0.2) is 16.3 Å². The number of hydrogen-bond acceptors (Lipinski definition) is 8. The first-order valence-corrected chi connectivity index (χ1v) is 13.1. The molecule has 0 N–H and O–H groups in total. The lowest BCUT2D eigenvalue weighted by molar-refractivity contribution is -0.139. The molecule has 1 aliphatic heterocycles. The lowest BCUT2D eigenvalue weighted by Gasteiger charge is -2.25. The largest absolute Gasteiger partial charge is 0.493 e. The van der Waals surface area contributed by atoms with Crippen LogP contribution in [0.5, 0.6) is 11.5 Å². The Bertz CT molecular complexity index is 1600. The van der Waals surface area contributed by atoms with Gasteiger partial charge in [-0.05, 0) is 54.7 Å². The minimum atomic E-state index is -0.672. The molecule has 0 saturated heterocycles. The molecular formula is C29H30N2O6S. The fourth-order valence-electron chi connectivity index (χ4n) is 4.33. The van der Waals surface area contributed by atoms with Crippen LogP contribution in [-0.2, 0) is 14.3 Å². The van der Waals surface area contributed by atoms with Gasteiger partial charge in [-0.3, -0.25) is 14.2 Å². The molecular weight excluding hydrogens is 504 g/mol. The Morgan fingerprint density at radius 2 is 1.84 bits per heavy atom. The molecule has 2 heterocycles. The molecule has 9 heteroatoms. The standard InChI is InChI=1S/C29H30N2O6S/c1-7-36-28(34)25-17(4)30-29-31(26(25)21-11-9-20(10-12-21)16(2)3)27(33)24(38-29)15-19-8-13-22(37-18(5)32)23(14-19)35-6/h8-16,26H,7H2,1-6H3/b24-15-/t26-/m1/s1. The predicted octanol–water partition coefficient (Wildman–Crippen LogP) is 3.86. The highest BCUT2D eigenvalue weighted by Crippen LogP contribution is 2.32. The highest BCUT2D eigenvalue weighted by Gasteiger charge is 2.33. The maximum Gasteiger partial charge on any atom is 0.338 e. The Labute approximate surface area is 224 Å². The summed E-state index contributed by atoms with van der Waals surface area (Å²) in [6.45, 7) is 9.26. The first-order valence-electron chi connectivity index (χ1n) is 12.3. The number of aromatic nitrogens is 1. The van der Waals surface area contributed by atoms with Crippen LogP contribution >= 0.6 is 11.3 Å². The van der Waals surface area contributed by atoms with E-state index in [0.29, 0.717) is 37.8 Å². The maximum atomic E-state index is 13.8. The fourth-order valence-corrected chi connectivity index (χ4v) is 5.38. The monoisotopic (exact) mass is 534 g/mol. The summed E-state index contributed by atoms with van der Waals surface area (Å²) in [5, 5.41) is 0. The van der Waals surface area contributed by atoms with Crippen molar-refractivity contribution in [2.45, 2.75) is 46.6 Å². The van der Waals surface area contributed by atoms with Gasteiger partial charge in [-0.15, -0.1) is 0 Å². The summed E-state index contributed by atoms with van der Waals surface area (Å²) in [4.78, 5) is 43.3. The van der Waals surface area contributed by atoms with E-state index in [0.717, 1.165) is 11.1 Å². The number of benzene rings is 2. The second kappa shape index (κ2) is 11.2. The number of esters is 2. The molecule has 0 radical (unpaired) electrons. The van der Waals surface area contributed by atoms with E-state index < -0.39 is 18.0 Å². The van der Waals surface area contributed by atoms with Crippen LogP contribution in [0.25, 0.3) is 6.08 Å². The average Bonchev–Trinajstić information content (AvgIpc) is 3.18. The number of carbonyl (C=O) groups is 2. The van der Waals surface area contributed by atoms with Gasteiger partial charge < -0.3 is 14.2 Å². The number of fused-ring (bicyclic) bond motifs is 1. The number of hydrogen-bond donors (Lipinski definition) is 0. The summed E-state index contributed by atoms with van der Waals surface area (Å²) < 4.78 is 17.9. The highest BCUT2D eigenvalue weighted by atomic mass is 32.1. The molecule has 0 bridgehead atoms. The highest BCUT2D eigenvalue weighted by molar-refractivity contribution is 7.07. The number of carbonyl (C=O) groups excluding carboxylic acids is 2. The summed E-state index contributed by atoms with van der Waals surface area (Å²) in [7, 11) is 1.48. The fraction of sp³-hybridized carbons (Fsp3) is 0.310. The van der Waals surface area contributed by atoms with E-state index in [1.165, 1.54) is 25.4 Å². The van der Waals surface area contributed by atoms with Crippen LogP contribution in [0.4, 0.5) is 0 Å². The van der Waals surface area contributed by atoms with Crippen molar-refractivity contribution in [1.82, 2.24) is 4.57 Å². The van der Waals surface area contributed by atoms with Gasteiger partial charge in [0.2, 0.25) is 0 Å². The summed E-state index contributed by atoms with van der Waals surface area (Å²) >= 11 is 1.24. The van der Waals surface area contributed by atoms with E-state index >= 15 is 0 Å². The van der Waals surface area contributed by atoms with E-state index in [4.69, 9.17) is 14.2 Å². The lowest BCUT2D eigenvalue weighted by atomic mass is 9.93. The Balaban J connectivity index is 1.88. The number of nitrogens with zero attached hydrogens (tertiary/aromatic N) is 2. The second-order valence-electron chi connectivity index (χ2n) is 9.13. The van der Waals surface area contributed by atoms with Gasteiger partial charge in [-0.1, -0.05) is 55.5 Å². The van der Waals surface area contributed by atoms with Crippen molar-refractivity contribution < 1.29 is 23.8 Å². The molecule has 1 aliphatic rings. The van der Waals surface area contributed by atoms with Crippen molar-refractivity contribution in [3.05, 3.63) is 90.1 Å². The zero-order valence-corrected chi connectivity index (χ0v) is 23.0. The molecule has 0 unspecified atom stereocenters. The van der Waals surface area contributed by atoms with Crippen LogP contribution in [0.3, 0.4) is 0 Å². The number of ether oxygens (including phenoxy) is 3. The Morgan fingerprint density at radius 3 is 2.45 bits per heavy atom. The van der Waals surface area contributed by atoms with E-state index in [9.17, 15) is 14.4 Å². The van der Waals surface area contributed by atoms with E-state index in [-0.39, 0.29) is 17.9 Å². The third-order valence-electron chi connectivity index (χ3n) is 6.18.